The topological polar surface area (TPSA) is 64.9 Å². The lowest BCUT2D eigenvalue weighted by Crippen LogP contribution is -2.40. The van der Waals surface area contributed by atoms with Crippen LogP contribution in [0.4, 0.5) is 5.69 Å². The van der Waals surface area contributed by atoms with Crippen molar-refractivity contribution >= 4 is 17.8 Å². The largest absolute Gasteiger partial charge is 0.411 e. The first-order valence-corrected chi connectivity index (χ1v) is 8.52. The predicted molar refractivity (Wildman–Crippen MR) is 93.3 cm³/mol. The molecule has 1 atom stereocenters. The molecule has 0 bridgehead atoms. The Labute approximate surface area is 138 Å². The lowest BCUT2D eigenvalue weighted by molar-refractivity contribution is -0.110. The van der Waals surface area contributed by atoms with Gasteiger partial charge in [0.05, 0.1) is 0 Å². The summed E-state index contributed by atoms with van der Waals surface area (Å²) in [6, 6.07) is 6.58. The summed E-state index contributed by atoms with van der Waals surface area (Å²) in [7, 11) is 0. The van der Waals surface area contributed by atoms with Gasteiger partial charge >= 0.3 is 0 Å². The van der Waals surface area contributed by atoms with E-state index in [0.717, 1.165) is 50.7 Å². The molecule has 0 aromatic heterocycles. The van der Waals surface area contributed by atoms with E-state index in [0.29, 0.717) is 6.04 Å². The molecule has 5 heteroatoms. The number of amides is 1. The number of nitrogens with zero attached hydrogens (tertiary/aromatic N) is 2. The first kappa shape index (κ1) is 17.5. The summed E-state index contributed by atoms with van der Waals surface area (Å²) < 4.78 is 0. The highest BCUT2D eigenvalue weighted by atomic mass is 16.4. The van der Waals surface area contributed by atoms with Crippen molar-refractivity contribution in [3.8, 4) is 0 Å². The molecule has 1 aliphatic rings. The highest BCUT2D eigenvalue weighted by Crippen LogP contribution is 2.30. The molecule has 0 aliphatic heterocycles. The van der Waals surface area contributed by atoms with Gasteiger partial charge < -0.3 is 15.4 Å². The molecule has 0 radical (unpaired) electrons. The lowest BCUT2D eigenvalue weighted by atomic mass is 9.86. The summed E-state index contributed by atoms with van der Waals surface area (Å²) >= 11 is 0. The molecule has 1 aromatic rings. The van der Waals surface area contributed by atoms with Crippen LogP contribution in [0.1, 0.15) is 44.2 Å². The van der Waals surface area contributed by atoms with Crippen LogP contribution >= 0.6 is 0 Å². The Morgan fingerprint density at radius 1 is 1.39 bits per heavy atom. The van der Waals surface area contributed by atoms with Crippen molar-refractivity contribution in [2.75, 3.05) is 18.4 Å². The van der Waals surface area contributed by atoms with Crippen LogP contribution in [0.3, 0.4) is 0 Å². The molecule has 23 heavy (non-hydrogen) atoms. The average molecular weight is 317 g/mol. The molecule has 1 aliphatic carbocycles. The van der Waals surface area contributed by atoms with E-state index in [-0.39, 0.29) is 0 Å². The maximum Gasteiger partial charge on any atom is 0.270 e. The van der Waals surface area contributed by atoms with Gasteiger partial charge in [-0.15, -0.1) is 0 Å². The molecule has 0 fully saturated rings. The Kier molecular flexibility index (Phi) is 6.59. The summed E-state index contributed by atoms with van der Waals surface area (Å²) in [4.78, 5) is 14.3. The van der Waals surface area contributed by atoms with Gasteiger partial charge in [0.2, 0.25) is 0 Å². The van der Waals surface area contributed by atoms with Crippen LogP contribution in [0, 0.1) is 0 Å². The minimum absolute atomic E-state index is 0.401. The Balaban J connectivity index is 2.18. The number of fused-ring (bicyclic) bond motifs is 1. The van der Waals surface area contributed by atoms with Crippen molar-refractivity contribution in [3.63, 3.8) is 0 Å². The van der Waals surface area contributed by atoms with Crippen molar-refractivity contribution in [1.82, 2.24) is 4.90 Å². The van der Waals surface area contributed by atoms with Crippen LogP contribution in [0.5, 0.6) is 0 Å². The van der Waals surface area contributed by atoms with Gasteiger partial charge in [0.1, 0.15) is 6.21 Å². The van der Waals surface area contributed by atoms with Gasteiger partial charge in [-0.2, -0.15) is 0 Å². The van der Waals surface area contributed by atoms with E-state index >= 15 is 0 Å². The van der Waals surface area contributed by atoms with Crippen LogP contribution in [0.2, 0.25) is 0 Å². The summed E-state index contributed by atoms with van der Waals surface area (Å²) in [6.07, 6.45) is 6.38. The molecular weight excluding hydrogens is 290 g/mol. The maximum absolute atomic E-state index is 11.7. The van der Waals surface area contributed by atoms with Gasteiger partial charge in [0.25, 0.3) is 5.91 Å². The number of hydrogen-bond acceptors (Lipinski definition) is 4. The molecule has 0 heterocycles. The summed E-state index contributed by atoms with van der Waals surface area (Å²) in [6.45, 7) is 6.69. The fourth-order valence-electron chi connectivity index (χ4n) is 3.47. The molecule has 0 saturated carbocycles. The number of carbonyl (C=O) groups excluding carboxylic acids is 1. The van der Waals surface area contributed by atoms with Crippen LogP contribution in [0.15, 0.2) is 23.4 Å². The molecule has 1 unspecified atom stereocenters. The van der Waals surface area contributed by atoms with Gasteiger partial charge in [-0.3, -0.25) is 4.79 Å². The smallest absolute Gasteiger partial charge is 0.270 e. The molecule has 0 spiro atoms. The number of benzene rings is 1. The molecular formula is C18H27N3O2. The summed E-state index contributed by atoms with van der Waals surface area (Å²) in [5, 5.41) is 14.1. The van der Waals surface area contributed by atoms with E-state index in [2.05, 4.69) is 35.3 Å². The zero-order valence-corrected chi connectivity index (χ0v) is 14.1. The Bertz CT molecular complexity index is 551. The first-order valence-electron chi connectivity index (χ1n) is 8.52. The molecule has 1 amide bonds. The Morgan fingerprint density at radius 2 is 2.13 bits per heavy atom. The first-order chi connectivity index (χ1) is 11.2. The van der Waals surface area contributed by atoms with Crippen molar-refractivity contribution in [1.29, 1.82) is 0 Å². The Hall–Kier alpha value is -1.88. The zero-order chi connectivity index (χ0) is 16.7. The monoisotopic (exact) mass is 317 g/mol. The van der Waals surface area contributed by atoms with Crippen molar-refractivity contribution in [2.45, 2.75) is 52.0 Å². The highest BCUT2D eigenvalue weighted by Gasteiger charge is 2.25. The normalized spacial score (nSPS) is 17.4. The van der Waals surface area contributed by atoms with Gasteiger partial charge in [-0.1, -0.05) is 31.1 Å². The third-order valence-corrected chi connectivity index (χ3v) is 4.43. The van der Waals surface area contributed by atoms with Gasteiger partial charge in [-0.25, -0.2) is 0 Å². The van der Waals surface area contributed by atoms with Crippen LogP contribution in [-0.2, 0) is 17.6 Å². The number of aryl methyl sites for hydroxylation is 1. The number of oxime groups is 1. The van der Waals surface area contributed by atoms with E-state index < -0.39 is 5.91 Å². The van der Waals surface area contributed by atoms with Crippen LogP contribution in [0.25, 0.3) is 0 Å². The molecule has 1 aromatic carbocycles. The SMILES string of the molecule is CCCN(CCC)C1CCc2cccc(NC(=O)C=NO)c2C1. The summed E-state index contributed by atoms with van der Waals surface area (Å²) in [5.41, 5.74) is 3.37. The van der Waals surface area contributed by atoms with Gasteiger partial charge in [-0.05, 0) is 62.4 Å². The van der Waals surface area contributed by atoms with Crippen LogP contribution in [-0.4, -0.2) is 41.4 Å². The van der Waals surface area contributed by atoms with Crippen molar-refractivity contribution in [3.05, 3.63) is 29.3 Å². The van der Waals surface area contributed by atoms with E-state index in [1.165, 1.54) is 17.5 Å². The highest BCUT2D eigenvalue weighted by molar-refractivity contribution is 6.31. The van der Waals surface area contributed by atoms with Crippen LogP contribution < -0.4 is 5.32 Å². The van der Waals surface area contributed by atoms with E-state index in [4.69, 9.17) is 5.21 Å². The Morgan fingerprint density at radius 3 is 2.78 bits per heavy atom. The minimum Gasteiger partial charge on any atom is -0.411 e. The third-order valence-electron chi connectivity index (χ3n) is 4.43. The summed E-state index contributed by atoms with van der Waals surface area (Å²) in [5.74, 6) is -0.401. The predicted octanol–water partition coefficient (Wildman–Crippen LogP) is 3.06. The second kappa shape index (κ2) is 8.67. The van der Waals surface area contributed by atoms with E-state index in [1.807, 2.05) is 12.1 Å². The minimum atomic E-state index is -0.401. The molecule has 5 nitrogen and oxygen atoms in total. The molecule has 2 N–H and O–H groups in total. The average Bonchev–Trinajstić information content (AvgIpc) is 2.55. The van der Waals surface area contributed by atoms with Crippen molar-refractivity contribution in [2.24, 2.45) is 5.16 Å². The molecule has 2 rings (SSSR count). The number of anilines is 1. The fourth-order valence-corrected chi connectivity index (χ4v) is 3.47. The van der Waals surface area contributed by atoms with E-state index in [1.54, 1.807) is 0 Å². The third kappa shape index (κ3) is 4.55. The quantitative estimate of drug-likeness (QED) is 0.461. The number of nitrogens with one attached hydrogen (secondary N) is 1. The number of rotatable bonds is 7. The van der Waals surface area contributed by atoms with E-state index in [9.17, 15) is 4.79 Å². The lowest BCUT2D eigenvalue weighted by Gasteiger charge is -2.35. The molecule has 0 saturated heterocycles. The standard InChI is InChI=1S/C18H27N3O2/c1-3-10-21(11-4-2)15-9-8-14-6-5-7-17(16(14)12-15)20-18(22)13-19-23/h5-7,13,15,23H,3-4,8-12H2,1-2H3,(H,20,22). The maximum atomic E-state index is 11.7. The number of carbonyl (C=O) groups is 1. The number of hydrogen-bond donors (Lipinski definition) is 2. The van der Waals surface area contributed by atoms with Gasteiger partial charge in [0, 0.05) is 11.7 Å². The molecule has 126 valence electrons. The van der Waals surface area contributed by atoms with Gasteiger partial charge in [0.15, 0.2) is 0 Å². The zero-order valence-electron chi connectivity index (χ0n) is 14.1. The fraction of sp³-hybridized carbons (Fsp3) is 0.556. The van der Waals surface area contributed by atoms with Crippen molar-refractivity contribution < 1.29 is 10.0 Å². The second-order valence-corrected chi connectivity index (χ2v) is 6.11. The second-order valence-electron chi connectivity index (χ2n) is 6.11.